The largest absolute Gasteiger partial charge is 0.349 e. The number of carbonyl (C=O) groups is 1. The van der Waals surface area contributed by atoms with Crippen LogP contribution in [-0.4, -0.2) is 24.2 Å². The first-order valence-corrected chi connectivity index (χ1v) is 8.56. The fraction of sp³-hybridized carbons (Fsp3) is 0.562. The number of hydrogen-bond donors (Lipinski definition) is 2. The summed E-state index contributed by atoms with van der Waals surface area (Å²) in [4.78, 5) is 13.5. The van der Waals surface area contributed by atoms with Gasteiger partial charge in [0.15, 0.2) is 0 Å². The van der Waals surface area contributed by atoms with Gasteiger partial charge in [-0.15, -0.1) is 24.2 Å². The van der Waals surface area contributed by atoms with Crippen molar-refractivity contribution in [3.05, 3.63) is 29.8 Å². The second kappa shape index (κ2) is 8.06. The second-order valence-corrected chi connectivity index (χ2v) is 6.76. The topological polar surface area (TPSA) is 41.1 Å². The molecule has 1 aromatic rings. The summed E-state index contributed by atoms with van der Waals surface area (Å²) < 4.78 is 0. The molecule has 1 saturated heterocycles. The lowest BCUT2D eigenvalue weighted by Crippen LogP contribution is -2.32. The van der Waals surface area contributed by atoms with Gasteiger partial charge in [-0.3, -0.25) is 4.79 Å². The molecule has 2 N–H and O–H groups in total. The Kier molecular flexibility index (Phi) is 6.40. The molecule has 0 bridgehead atoms. The maximum Gasteiger partial charge on any atom is 0.220 e. The minimum absolute atomic E-state index is 0. The minimum atomic E-state index is 0. The Morgan fingerprint density at radius 1 is 1.33 bits per heavy atom. The zero-order chi connectivity index (χ0) is 13.8. The summed E-state index contributed by atoms with van der Waals surface area (Å²) in [5, 5.41) is 6.67. The highest BCUT2D eigenvalue weighted by Gasteiger charge is 2.22. The van der Waals surface area contributed by atoms with Crippen molar-refractivity contribution in [3.63, 3.8) is 0 Å². The number of benzene rings is 1. The molecular formula is C16H23ClN2OS. The van der Waals surface area contributed by atoms with Crippen molar-refractivity contribution in [2.24, 2.45) is 0 Å². The first-order chi connectivity index (χ1) is 9.83. The molecule has 2 unspecified atom stereocenters. The van der Waals surface area contributed by atoms with E-state index in [2.05, 4.69) is 34.9 Å². The monoisotopic (exact) mass is 326 g/mol. The number of nitrogens with one attached hydrogen (secondary N) is 2. The third kappa shape index (κ3) is 4.38. The standard InChI is InChI=1S/C16H22N2OS.ClH/c19-16(8-7-12-4-3-10-17-12)18-14-9-11-20-15-6-2-1-5-13(14)15;/h1-2,5-6,12,14,17H,3-4,7-11H2,(H,18,19);1H. The van der Waals surface area contributed by atoms with Gasteiger partial charge < -0.3 is 10.6 Å². The molecule has 0 spiro atoms. The van der Waals surface area contributed by atoms with Crippen LogP contribution in [-0.2, 0) is 4.79 Å². The van der Waals surface area contributed by atoms with Gasteiger partial charge in [0, 0.05) is 23.1 Å². The third-order valence-corrected chi connectivity index (χ3v) is 5.30. The number of fused-ring (bicyclic) bond motifs is 1. The van der Waals surface area contributed by atoms with Crippen LogP contribution in [0.4, 0.5) is 0 Å². The van der Waals surface area contributed by atoms with Crippen molar-refractivity contribution in [3.8, 4) is 0 Å². The summed E-state index contributed by atoms with van der Waals surface area (Å²) in [7, 11) is 0. The summed E-state index contributed by atoms with van der Waals surface area (Å²) in [5.41, 5.74) is 1.29. The molecule has 5 heteroatoms. The molecule has 2 atom stereocenters. The Bertz CT molecular complexity index is 477. The molecule has 0 radical (unpaired) electrons. The Balaban J connectivity index is 0.00000161. The number of hydrogen-bond acceptors (Lipinski definition) is 3. The average molecular weight is 327 g/mol. The molecule has 21 heavy (non-hydrogen) atoms. The Hall–Kier alpha value is -0.710. The van der Waals surface area contributed by atoms with Crippen molar-refractivity contribution < 1.29 is 4.79 Å². The molecule has 0 aromatic heterocycles. The maximum atomic E-state index is 12.1. The van der Waals surface area contributed by atoms with Gasteiger partial charge in [-0.05, 0) is 43.9 Å². The predicted molar refractivity (Wildman–Crippen MR) is 90.2 cm³/mol. The van der Waals surface area contributed by atoms with E-state index in [1.165, 1.54) is 23.3 Å². The molecule has 0 saturated carbocycles. The molecule has 3 rings (SSSR count). The zero-order valence-corrected chi connectivity index (χ0v) is 13.8. The van der Waals surface area contributed by atoms with Crippen LogP contribution >= 0.6 is 24.2 Å². The van der Waals surface area contributed by atoms with E-state index in [9.17, 15) is 4.79 Å². The van der Waals surface area contributed by atoms with Gasteiger partial charge in [-0.2, -0.15) is 0 Å². The normalized spacial score (nSPS) is 24.0. The summed E-state index contributed by atoms with van der Waals surface area (Å²) in [6, 6.07) is 9.19. The van der Waals surface area contributed by atoms with Crippen molar-refractivity contribution >= 4 is 30.1 Å². The molecule has 1 fully saturated rings. The van der Waals surface area contributed by atoms with Crippen LogP contribution in [0, 0.1) is 0 Å². The zero-order valence-electron chi connectivity index (χ0n) is 12.1. The van der Waals surface area contributed by atoms with Crippen LogP contribution in [0.15, 0.2) is 29.2 Å². The van der Waals surface area contributed by atoms with Crippen LogP contribution in [0.2, 0.25) is 0 Å². The van der Waals surface area contributed by atoms with Gasteiger partial charge >= 0.3 is 0 Å². The first kappa shape index (κ1) is 16.7. The Labute approximate surface area is 137 Å². The van der Waals surface area contributed by atoms with Crippen LogP contribution < -0.4 is 10.6 Å². The number of rotatable bonds is 4. The van der Waals surface area contributed by atoms with Crippen LogP contribution in [0.3, 0.4) is 0 Å². The van der Waals surface area contributed by atoms with E-state index in [1.807, 2.05) is 11.8 Å². The van der Waals surface area contributed by atoms with E-state index in [0.717, 1.165) is 25.1 Å². The molecule has 1 aromatic carbocycles. The molecule has 0 aliphatic carbocycles. The van der Waals surface area contributed by atoms with Crippen molar-refractivity contribution in [2.75, 3.05) is 12.3 Å². The highest BCUT2D eigenvalue weighted by atomic mass is 35.5. The van der Waals surface area contributed by atoms with Gasteiger partial charge in [-0.1, -0.05) is 18.2 Å². The smallest absolute Gasteiger partial charge is 0.220 e. The second-order valence-electron chi connectivity index (χ2n) is 5.63. The van der Waals surface area contributed by atoms with Crippen molar-refractivity contribution in [1.82, 2.24) is 10.6 Å². The number of carbonyl (C=O) groups excluding carboxylic acids is 1. The van der Waals surface area contributed by atoms with E-state index in [0.29, 0.717) is 12.5 Å². The van der Waals surface area contributed by atoms with E-state index in [-0.39, 0.29) is 24.4 Å². The van der Waals surface area contributed by atoms with Crippen molar-refractivity contribution in [1.29, 1.82) is 0 Å². The summed E-state index contributed by atoms with van der Waals surface area (Å²) in [6.45, 7) is 1.11. The van der Waals surface area contributed by atoms with Gasteiger partial charge in [-0.25, -0.2) is 0 Å². The molecule has 116 valence electrons. The number of thioether (sulfide) groups is 1. The van der Waals surface area contributed by atoms with E-state index >= 15 is 0 Å². The lowest BCUT2D eigenvalue weighted by atomic mass is 10.0. The van der Waals surface area contributed by atoms with E-state index in [4.69, 9.17) is 0 Å². The quantitative estimate of drug-likeness (QED) is 0.892. The van der Waals surface area contributed by atoms with Gasteiger partial charge in [0.05, 0.1) is 6.04 Å². The summed E-state index contributed by atoms with van der Waals surface area (Å²) in [5.74, 6) is 1.29. The molecule has 2 heterocycles. The molecular weight excluding hydrogens is 304 g/mol. The lowest BCUT2D eigenvalue weighted by Gasteiger charge is -2.26. The minimum Gasteiger partial charge on any atom is -0.349 e. The highest BCUT2D eigenvalue weighted by molar-refractivity contribution is 7.99. The third-order valence-electron chi connectivity index (χ3n) is 4.18. The number of halogens is 1. The summed E-state index contributed by atoms with van der Waals surface area (Å²) >= 11 is 1.89. The van der Waals surface area contributed by atoms with E-state index in [1.54, 1.807) is 0 Å². The molecule has 2 aliphatic rings. The van der Waals surface area contributed by atoms with Gasteiger partial charge in [0.2, 0.25) is 5.91 Å². The number of amides is 1. The molecule has 2 aliphatic heterocycles. The predicted octanol–water partition coefficient (Wildman–Crippen LogP) is 3.29. The fourth-order valence-corrected chi connectivity index (χ4v) is 4.19. The van der Waals surface area contributed by atoms with E-state index < -0.39 is 0 Å². The fourth-order valence-electron chi connectivity index (χ4n) is 3.07. The molecule has 3 nitrogen and oxygen atoms in total. The average Bonchev–Trinajstić information content (AvgIpc) is 2.99. The van der Waals surface area contributed by atoms with Crippen LogP contribution in [0.25, 0.3) is 0 Å². The highest BCUT2D eigenvalue weighted by Crippen LogP contribution is 2.35. The SMILES string of the molecule is Cl.O=C(CCC1CCCN1)NC1CCSc2ccccc21. The summed E-state index contributed by atoms with van der Waals surface area (Å²) in [6.07, 6.45) is 5.11. The van der Waals surface area contributed by atoms with Crippen LogP contribution in [0.1, 0.15) is 43.7 Å². The maximum absolute atomic E-state index is 12.1. The lowest BCUT2D eigenvalue weighted by molar-refractivity contribution is -0.122. The Morgan fingerprint density at radius 3 is 3.00 bits per heavy atom. The first-order valence-electron chi connectivity index (χ1n) is 7.57. The molecule has 1 amide bonds. The Morgan fingerprint density at radius 2 is 2.19 bits per heavy atom. The van der Waals surface area contributed by atoms with Gasteiger partial charge in [0.1, 0.15) is 0 Å². The van der Waals surface area contributed by atoms with Crippen LogP contribution in [0.5, 0.6) is 0 Å². The van der Waals surface area contributed by atoms with Gasteiger partial charge in [0.25, 0.3) is 0 Å². The van der Waals surface area contributed by atoms with Crippen molar-refractivity contribution in [2.45, 2.75) is 49.1 Å².